The van der Waals surface area contributed by atoms with Gasteiger partial charge in [-0.2, -0.15) is 0 Å². The van der Waals surface area contributed by atoms with Crippen LogP contribution in [0.1, 0.15) is 41.5 Å². The predicted molar refractivity (Wildman–Crippen MR) is 51.4 cm³/mol. The van der Waals surface area contributed by atoms with Crippen molar-refractivity contribution in [3.8, 4) is 0 Å². The van der Waals surface area contributed by atoms with E-state index in [1.165, 1.54) is 0 Å². The van der Waals surface area contributed by atoms with Gasteiger partial charge in [0.2, 0.25) is 0 Å². The Bertz CT molecular complexity index is 114. The molecule has 0 spiro atoms. The van der Waals surface area contributed by atoms with Gasteiger partial charge in [-0.1, -0.05) is 34.6 Å². The van der Waals surface area contributed by atoms with Crippen LogP contribution in [0.15, 0.2) is 0 Å². The molecular formula is C10H23N. The summed E-state index contributed by atoms with van der Waals surface area (Å²) >= 11 is 0. The summed E-state index contributed by atoms with van der Waals surface area (Å²) < 4.78 is 0. The van der Waals surface area contributed by atoms with Crippen LogP contribution >= 0.6 is 0 Å². The molecule has 0 aromatic carbocycles. The number of hydrogen-bond acceptors (Lipinski definition) is 1. The summed E-state index contributed by atoms with van der Waals surface area (Å²) in [5.41, 5.74) is 6.22. The average molecular weight is 157 g/mol. The molecule has 0 amide bonds. The molecule has 1 heteroatoms. The quantitative estimate of drug-likeness (QED) is 0.669. The van der Waals surface area contributed by atoms with Gasteiger partial charge in [0.1, 0.15) is 0 Å². The Labute approximate surface area is 71.4 Å². The first-order valence-corrected chi connectivity index (χ1v) is 4.55. The third kappa shape index (κ3) is 2.48. The fourth-order valence-electron chi connectivity index (χ4n) is 1.20. The van der Waals surface area contributed by atoms with Crippen LogP contribution in [0.25, 0.3) is 0 Å². The Balaban J connectivity index is 4.29. The molecule has 1 nitrogen and oxygen atoms in total. The van der Waals surface area contributed by atoms with E-state index in [4.69, 9.17) is 5.73 Å². The molecule has 0 saturated heterocycles. The van der Waals surface area contributed by atoms with Crippen molar-refractivity contribution in [2.24, 2.45) is 23.0 Å². The zero-order valence-corrected chi connectivity index (χ0v) is 8.81. The van der Waals surface area contributed by atoms with Gasteiger partial charge in [0.15, 0.2) is 0 Å². The van der Waals surface area contributed by atoms with Crippen molar-refractivity contribution in [1.82, 2.24) is 0 Å². The van der Waals surface area contributed by atoms with Crippen LogP contribution in [0, 0.1) is 17.3 Å². The summed E-state index contributed by atoms with van der Waals surface area (Å²) in [4.78, 5) is 0. The van der Waals surface area contributed by atoms with E-state index < -0.39 is 0 Å². The van der Waals surface area contributed by atoms with E-state index in [9.17, 15) is 0 Å². The number of hydrogen-bond donors (Lipinski definition) is 1. The van der Waals surface area contributed by atoms with E-state index in [0.717, 1.165) is 0 Å². The Kier molecular flexibility index (Phi) is 3.56. The van der Waals surface area contributed by atoms with E-state index in [2.05, 4.69) is 41.5 Å². The second-order valence-electron chi connectivity index (χ2n) is 4.62. The standard InChI is InChI=1S/C10H23N/c1-7(2)10(5,6)8(3)9(4)11/h7-9H,11H2,1-6H3. The molecule has 2 N–H and O–H groups in total. The maximum absolute atomic E-state index is 5.86. The number of nitrogens with two attached hydrogens (primary N) is 1. The van der Waals surface area contributed by atoms with Crippen LogP contribution in [0.4, 0.5) is 0 Å². The maximum Gasteiger partial charge on any atom is 0.00413 e. The van der Waals surface area contributed by atoms with Crippen molar-refractivity contribution in [3.05, 3.63) is 0 Å². The highest BCUT2D eigenvalue weighted by Crippen LogP contribution is 2.35. The maximum atomic E-state index is 5.86. The molecular weight excluding hydrogens is 134 g/mol. The Morgan fingerprint density at radius 1 is 1.00 bits per heavy atom. The van der Waals surface area contributed by atoms with Gasteiger partial charge in [-0.05, 0) is 24.2 Å². The molecule has 0 radical (unpaired) electrons. The summed E-state index contributed by atoms with van der Waals surface area (Å²) in [6.07, 6.45) is 0. The molecule has 0 aliphatic heterocycles. The largest absolute Gasteiger partial charge is 0.328 e. The first-order valence-electron chi connectivity index (χ1n) is 4.55. The van der Waals surface area contributed by atoms with Crippen LogP contribution in [0.2, 0.25) is 0 Å². The third-order valence-electron chi connectivity index (χ3n) is 3.45. The topological polar surface area (TPSA) is 26.0 Å². The zero-order valence-electron chi connectivity index (χ0n) is 8.81. The van der Waals surface area contributed by atoms with Crippen LogP contribution in [-0.4, -0.2) is 6.04 Å². The molecule has 68 valence electrons. The van der Waals surface area contributed by atoms with Crippen molar-refractivity contribution in [3.63, 3.8) is 0 Å². The van der Waals surface area contributed by atoms with E-state index in [0.29, 0.717) is 23.3 Å². The third-order valence-corrected chi connectivity index (χ3v) is 3.45. The Hall–Kier alpha value is -0.0400. The predicted octanol–water partition coefficient (Wildman–Crippen LogP) is 2.65. The van der Waals surface area contributed by atoms with Crippen molar-refractivity contribution in [1.29, 1.82) is 0 Å². The van der Waals surface area contributed by atoms with Crippen LogP contribution < -0.4 is 5.73 Å². The molecule has 0 aromatic rings. The summed E-state index contributed by atoms with van der Waals surface area (Å²) in [7, 11) is 0. The SMILES string of the molecule is CC(N)C(C)C(C)(C)C(C)C. The van der Waals surface area contributed by atoms with E-state index in [-0.39, 0.29) is 0 Å². The van der Waals surface area contributed by atoms with Gasteiger partial charge < -0.3 is 5.73 Å². The van der Waals surface area contributed by atoms with E-state index in [1.807, 2.05) is 0 Å². The van der Waals surface area contributed by atoms with Gasteiger partial charge in [-0.25, -0.2) is 0 Å². The average Bonchev–Trinajstić information content (AvgIpc) is 1.85. The van der Waals surface area contributed by atoms with Gasteiger partial charge in [0.05, 0.1) is 0 Å². The highest BCUT2D eigenvalue weighted by molar-refractivity contribution is 4.82. The van der Waals surface area contributed by atoms with E-state index >= 15 is 0 Å². The van der Waals surface area contributed by atoms with Crippen LogP contribution in [0.3, 0.4) is 0 Å². The second kappa shape index (κ2) is 3.57. The summed E-state index contributed by atoms with van der Waals surface area (Å²) in [5.74, 6) is 1.28. The van der Waals surface area contributed by atoms with Gasteiger partial charge in [-0.15, -0.1) is 0 Å². The first-order chi connectivity index (χ1) is 4.80. The summed E-state index contributed by atoms with van der Waals surface area (Å²) in [5, 5.41) is 0. The lowest BCUT2D eigenvalue weighted by atomic mass is 9.69. The Morgan fingerprint density at radius 2 is 1.36 bits per heavy atom. The lowest BCUT2D eigenvalue weighted by Gasteiger charge is -2.38. The molecule has 0 bridgehead atoms. The minimum Gasteiger partial charge on any atom is -0.328 e. The number of rotatable bonds is 3. The monoisotopic (exact) mass is 157 g/mol. The molecule has 2 unspecified atom stereocenters. The lowest BCUT2D eigenvalue weighted by molar-refractivity contribution is 0.133. The Morgan fingerprint density at radius 3 is 1.45 bits per heavy atom. The zero-order chi connectivity index (χ0) is 9.23. The molecule has 0 saturated carbocycles. The van der Waals surface area contributed by atoms with E-state index in [1.54, 1.807) is 0 Å². The van der Waals surface area contributed by atoms with Crippen molar-refractivity contribution in [2.75, 3.05) is 0 Å². The molecule has 0 fully saturated rings. The van der Waals surface area contributed by atoms with Gasteiger partial charge in [0.25, 0.3) is 0 Å². The first kappa shape index (κ1) is 11.0. The van der Waals surface area contributed by atoms with Crippen molar-refractivity contribution < 1.29 is 0 Å². The van der Waals surface area contributed by atoms with Crippen molar-refractivity contribution in [2.45, 2.75) is 47.6 Å². The highest BCUT2D eigenvalue weighted by Gasteiger charge is 2.31. The molecule has 0 rings (SSSR count). The van der Waals surface area contributed by atoms with Crippen molar-refractivity contribution >= 4 is 0 Å². The molecule has 0 aliphatic carbocycles. The van der Waals surface area contributed by atoms with Gasteiger partial charge in [-0.3, -0.25) is 0 Å². The van der Waals surface area contributed by atoms with Crippen LogP contribution in [-0.2, 0) is 0 Å². The normalized spacial score (nSPS) is 18.5. The molecule has 0 aliphatic rings. The van der Waals surface area contributed by atoms with Gasteiger partial charge in [0, 0.05) is 6.04 Å². The molecule has 0 heterocycles. The summed E-state index contributed by atoms with van der Waals surface area (Å²) in [6, 6.07) is 0.299. The molecule has 2 atom stereocenters. The minimum absolute atomic E-state index is 0.299. The van der Waals surface area contributed by atoms with Crippen LogP contribution in [0.5, 0.6) is 0 Å². The molecule has 0 aromatic heterocycles. The molecule has 11 heavy (non-hydrogen) atoms. The highest BCUT2D eigenvalue weighted by atomic mass is 14.6. The smallest absolute Gasteiger partial charge is 0.00413 e. The van der Waals surface area contributed by atoms with Gasteiger partial charge >= 0.3 is 0 Å². The second-order valence-corrected chi connectivity index (χ2v) is 4.62. The fourth-order valence-corrected chi connectivity index (χ4v) is 1.20. The lowest BCUT2D eigenvalue weighted by Crippen LogP contribution is -2.38. The fraction of sp³-hybridized carbons (Fsp3) is 1.00. The summed E-state index contributed by atoms with van der Waals surface area (Å²) in [6.45, 7) is 13.5. The minimum atomic E-state index is 0.299.